The minimum Gasteiger partial charge on any atom is -0.322 e. The molecular formula is C15H13ClFNO. The summed E-state index contributed by atoms with van der Waals surface area (Å²) in [6, 6.07) is 9.36. The summed E-state index contributed by atoms with van der Waals surface area (Å²) in [6.07, 6.45) is 0. The van der Waals surface area contributed by atoms with Gasteiger partial charge in [0.05, 0.1) is 10.6 Å². The van der Waals surface area contributed by atoms with Crippen molar-refractivity contribution in [3.05, 3.63) is 63.9 Å². The molecule has 0 saturated carbocycles. The van der Waals surface area contributed by atoms with Crippen molar-refractivity contribution < 1.29 is 9.18 Å². The Morgan fingerprint density at radius 2 is 1.95 bits per heavy atom. The van der Waals surface area contributed by atoms with Gasteiger partial charge in [-0.3, -0.25) is 4.79 Å². The maximum Gasteiger partial charge on any atom is 0.257 e. The van der Waals surface area contributed by atoms with Crippen molar-refractivity contribution >= 4 is 23.2 Å². The average molecular weight is 278 g/mol. The Morgan fingerprint density at radius 3 is 2.63 bits per heavy atom. The number of hydrogen-bond acceptors (Lipinski definition) is 1. The summed E-state index contributed by atoms with van der Waals surface area (Å²) in [6.45, 7) is 3.90. The third-order valence-corrected chi connectivity index (χ3v) is 3.34. The molecule has 0 radical (unpaired) electrons. The molecule has 0 heterocycles. The predicted molar refractivity (Wildman–Crippen MR) is 75.3 cm³/mol. The van der Waals surface area contributed by atoms with Gasteiger partial charge in [-0.25, -0.2) is 4.39 Å². The van der Waals surface area contributed by atoms with Gasteiger partial charge in [-0.05, 0) is 49.2 Å². The molecule has 4 heteroatoms. The molecule has 0 spiro atoms. The van der Waals surface area contributed by atoms with Crippen molar-refractivity contribution in [1.82, 2.24) is 0 Å². The highest BCUT2D eigenvalue weighted by atomic mass is 35.5. The normalized spacial score (nSPS) is 10.3. The van der Waals surface area contributed by atoms with Crippen LogP contribution in [0.4, 0.5) is 10.1 Å². The van der Waals surface area contributed by atoms with Crippen LogP contribution in [0.5, 0.6) is 0 Å². The van der Waals surface area contributed by atoms with E-state index in [4.69, 9.17) is 11.6 Å². The lowest BCUT2D eigenvalue weighted by molar-refractivity contribution is 0.102. The minimum absolute atomic E-state index is 0.0998. The minimum atomic E-state index is -0.465. The Kier molecular flexibility index (Phi) is 3.86. The zero-order chi connectivity index (χ0) is 14.0. The number of carbonyl (C=O) groups excluding carboxylic acids is 1. The molecule has 19 heavy (non-hydrogen) atoms. The molecule has 98 valence electrons. The number of aryl methyl sites for hydroxylation is 1. The highest BCUT2D eigenvalue weighted by Gasteiger charge is 2.12. The van der Waals surface area contributed by atoms with Gasteiger partial charge in [0.1, 0.15) is 5.82 Å². The standard InChI is InChI=1S/C15H13ClFNO/c1-9-4-3-5-14(10(9)2)18-15(19)12-7-6-11(17)8-13(12)16/h3-8H,1-2H3,(H,18,19). The van der Waals surface area contributed by atoms with Crippen LogP contribution in [0.1, 0.15) is 21.5 Å². The number of carbonyl (C=O) groups is 1. The molecule has 0 aliphatic carbocycles. The third-order valence-electron chi connectivity index (χ3n) is 3.03. The first-order valence-electron chi connectivity index (χ1n) is 5.81. The van der Waals surface area contributed by atoms with E-state index in [1.165, 1.54) is 12.1 Å². The first kappa shape index (κ1) is 13.6. The van der Waals surface area contributed by atoms with E-state index in [0.29, 0.717) is 0 Å². The molecule has 0 fully saturated rings. The van der Waals surface area contributed by atoms with Crippen LogP contribution < -0.4 is 5.32 Å². The maximum absolute atomic E-state index is 12.9. The second kappa shape index (κ2) is 5.41. The Balaban J connectivity index is 2.28. The van der Waals surface area contributed by atoms with E-state index in [9.17, 15) is 9.18 Å². The first-order valence-corrected chi connectivity index (χ1v) is 6.19. The number of hydrogen-bond donors (Lipinski definition) is 1. The Morgan fingerprint density at radius 1 is 1.21 bits per heavy atom. The molecule has 2 nitrogen and oxygen atoms in total. The summed E-state index contributed by atoms with van der Waals surface area (Å²) in [5.74, 6) is -0.813. The van der Waals surface area contributed by atoms with E-state index in [1.54, 1.807) is 0 Å². The van der Waals surface area contributed by atoms with Gasteiger partial charge in [0, 0.05) is 5.69 Å². The summed E-state index contributed by atoms with van der Waals surface area (Å²) in [5, 5.41) is 2.88. The number of amides is 1. The van der Waals surface area contributed by atoms with Crippen LogP contribution in [0.2, 0.25) is 5.02 Å². The topological polar surface area (TPSA) is 29.1 Å². The molecule has 0 unspecified atom stereocenters. The van der Waals surface area contributed by atoms with Crippen LogP contribution in [-0.4, -0.2) is 5.91 Å². The Hall–Kier alpha value is -1.87. The van der Waals surface area contributed by atoms with E-state index in [2.05, 4.69) is 5.32 Å². The molecule has 2 rings (SSSR count). The van der Waals surface area contributed by atoms with E-state index in [0.717, 1.165) is 22.9 Å². The predicted octanol–water partition coefficient (Wildman–Crippen LogP) is 4.35. The zero-order valence-corrected chi connectivity index (χ0v) is 11.4. The second-order valence-corrected chi connectivity index (χ2v) is 4.73. The van der Waals surface area contributed by atoms with Crippen LogP contribution in [0, 0.1) is 19.7 Å². The summed E-state index contributed by atoms with van der Waals surface area (Å²) in [7, 11) is 0. The fourth-order valence-electron chi connectivity index (χ4n) is 1.75. The molecule has 0 atom stereocenters. The summed E-state index contributed by atoms with van der Waals surface area (Å²) in [4.78, 5) is 12.1. The molecule has 0 aliphatic heterocycles. The van der Waals surface area contributed by atoms with Crippen molar-refractivity contribution in [2.75, 3.05) is 5.32 Å². The van der Waals surface area contributed by atoms with Gasteiger partial charge < -0.3 is 5.32 Å². The van der Waals surface area contributed by atoms with Crippen LogP contribution in [0.3, 0.4) is 0 Å². The maximum atomic E-state index is 12.9. The molecule has 0 aliphatic rings. The highest BCUT2D eigenvalue weighted by molar-refractivity contribution is 6.34. The third kappa shape index (κ3) is 2.93. The molecule has 1 N–H and O–H groups in total. The van der Waals surface area contributed by atoms with Crippen LogP contribution >= 0.6 is 11.6 Å². The summed E-state index contributed by atoms with van der Waals surface area (Å²) in [5.41, 5.74) is 3.06. The number of anilines is 1. The van der Waals surface area contributed by atoms with Gasteiger partial charge in [0.25, 0.3) is 5.91 Å². The molecular weight excluding hydrogens is 265 g/mol. The summed E-state index contributed by atoms with van der Waals surface area (Å²) >= 11 is 5.86. The lowest BCUT2D eigenvalue weighted by Gasteiger charge is -2.11. The molecule has 2 aromatic carbocycles. The lowest BCUT2D eigenvalue weighted by atomic mass is 10.1. The van der Waals surface area contributed by atoms with Crippen molar-refractivity contribution in [2.24, 2.45) is 0 Å². The molecule has 0 aromatic heterocycles. The quantitative estimate of drug-likeness (QED) is 0.869. The fourth-order valence-corrected chi connectivity index (χ4v) is 2.00. The molecule has 1 amide bonds. The second-order valence-electron chi connectivity index (χ2n) is 4.33. The highest BCUT2D eigenvalue weighted by Crippen LogP contribution is 2.22. The first-order chi connectivity index (χ1) is 8.99. The molecule has 0 bridgehead atoms. The number of rotatable bonds is 2. The van der Waals surface area contributed by atoms with E-state index >= 15 is 0 Å². The van der Waals surface area contributed by atoms with Gasteiger partial charge in [0.15, 0.2) is 0 Å². The number of halogens is 2. The van der Waals surface area contributed by atoms with Gasteiger partial charge in [0.2, 0.25) is 0 Å². The lowest BCUT2D eigenvalue weighted by Crippen LogP contribution is -2.13. The van der Waals surface area contributed by atoms with Crippen LogP contribution in [-0.2, 0) is 0 Å². The van der Waals surface area contributed by atoms with Crippen molar-refractivity contribution in [1.29, 1.82) is 0 Å². The Bertz CT molecular complexity index is 640. The number of nitrogens with one attached hydrogen (secondary N) is 1. The van der Waals surface area contributed by atoms with Gasteiger partial charge in [-0.1, -0.05) is 23.7 Å². The van der Waals surface area contributed by atoms with E-state index in [-0.39, 0.29) is 16.5 Å². The smallest absolute Gasteiger partial charge is 0.257 e. The van der Waals surface area contributed by atoms with Gasteiger partial charge in [-0.15, -0.1) is 0 Å². The van der Waals surface area contributed by atoms with E-state index < -0.39 is 5.82 Å². The summed E-state index contributed by atoms with van der Waals surface area (Å²) < 4.78 is 12.9. The van der Waals surface area contributed by atoms with Gasteiger partial charge >= 0.3 is 0 Å². The van der Waals surface area contributed by atoms with Crippen LogP contribution in [0.15, 0.2) is 36.4 Å². The van der Waals surface area contributed by atoms with Crippen LogP contribution in [0.25, 0.3) is 0 Å². The molecule has 2 aromatic rings. The largest absolute Gasteiger partial charge is 0.322 e. The van der Waals surface area contributed by atoms with Gasteiger partial charge in [-0.2, -0.15) is 0 Å². The average Bonchev–Trinajstić information content (AvgIpc) is 2.34. The fraction of sp³-hybridized carbons (Fsp3) is 0.133. The zero-order valence-electron chi connectivity index (χ0n) is 10.6. The van der Waals surface area contributed by atoms with E-state index in [1.807, 2.05) is 32.0 Å². The molecule has 0 saturated heterocycles. The Labute approximate surface area is 116 Å². The van der Waals surface area contributed by atoms with Crippen molar-refractivity contribution in [3.8, 4) is 0 Å². The number of benzene rings is 2. The van der Waals surface area contributed by atoms with Crippen molar-refractivity contribution in [2.45, 2.75) is 13.8 Å². The van der Waals surface area contributed by atoms with Crippen molar-refractivity contribution in [3.63, 3.8) is 0 Å². The SMILES string of the molecule is Cc1cccc(NC(=O)c2ccc(F)cc2Cl)c1C. The monoisotopic (exact) mass is 277 g/mol.